The third-order valence-corrected chi connectivity index (χ3v) is 5.07. The zero-order chi connectivity index (χ0) is 20.6. The average molecular weight is 396 g/mol. The van der Waals surface area contributed by atoms with Crippen LogP contribution < -0.4 is 10.2 Å². The lowest BCUT2D eigenvalue weighted by Crippen LogP contribution is -2.49. The molecule has 0 aromatic heterocycles. The van der Waals surface area contributed by atoms with Gasteiger partial charge in [-0.2, -0.15) is 0 Å². The lowest BCUT2D eigenvalue weighted by molar-refractivity contribution is -0.137. The molecule has 0 saturated carbocycles. The van der Waals surface area contributed by atoms with E-state index in [1.807, 2.05) is 42.5 Å². The maximum absolute atomic E-state index is 12.3. The van der Waals surface area contributed by atoms with Gasteiger partial charge in [-0.25, -0.2) is 0 Å². The van der Waals surface area contributed by atoms with Gasteiger partial charge in [0.15, 0.2) is 0 Å². The van der Waals surface area contributed by atoms with Crippen LogP contribution in [0, 0.1) is 0 Å². The Labute approximate surface area is 172 Å². The summed E-state index contributed by atoms with van der Waals surface area (Å²) < 4.78 is 5.34. The minimum Gasteiger partial charge on any atom is -0.368 e. The second kappa shape index (κ2) is 10.1. The van der Waals surface area contributed by atoms with Crippen molar-refractivity contribution in [1.82, 2.24) is 4.90 Å². The minimum atomic E-state index is -0.260. The summed E-state index contributed by atoms with van der Waals surface area (Å²) in [4.78, 5) is 28.4. The van der Waals surface area contributed by atoms with Crippen LogP contribution >= 0.6 is 0 Å². The summed E-state index contributed by atoms with van der Waals surface area (Å²) >= 11 is 0. The van der Waals surface area contributed by atoms with E-state index in [1.165, 1.54) is 11.3 Å². The van der Waals surface area contributed by atoms with Gasteiger partial charge in [-0.1, -0.05) is 44.2 Å². The number of hydrogen-bond donors (Lipinski definition) is 1. The van der Waals surface area contributed by atoms with Gasteiger partial charge in [0.05, 0.1) is 0 Å². The van der Waals surface area contributed by atoms with Crippen molar-refractivity contribution >= 4 is 23.2 Å². The van der Waals surface area contributed by atoms with E-state index in [2.05, 4.69) is 36.2 Å². The number of carbonyl (C=O) groups excluding carboxylic acids is 2. The number of para-hydroxylation sites is 1. The zero-order valence-electron chi connectivity index (χ0n) is 17.1. The molecule has 2 aromatic rings. The van der Waals surface area contributed by atoms with Crippen molar-refractivity contribution in [3.63, 3.8) is 0 Å². The first-order valence-corrected chi connectivity index (χ1v) is 10.1. The molecule has 29 heavy (non-hydrogen) atoms. The van der Waals surface area contributed by atoms with E-state index < -0.39 is 0 Å². The molecule has 0 bridgehead atoms. The molecule has 1 aliphatic rings. The highest BCUT2D eigenvalue weighted by molar-refractivity contribution is 5.91. The van der Waals surface area contributed by atoms with Gasteiger partial charge in [0.25, 0.3) is 0 Å². The summed E-state index contributed by atoms with van der Waals surface area (Å²) in [5.74, 6) is 0.111. The normalized spacial score (nSPS) is 14.2. The molecule has 0 radical (unpaired) electrons. The van der Waals surface area contributed by atoms with Crippen LogP contribution in [0.4, 0.5) is 11.4 Å². The van der Waals surface area contributed by atoms with Crippen LogP contribution in [0.5, 0.6) is 0 Å². The number of ether oxygens (including phenoxy) is 1. The molecule has 1 aliphatic heterocycles. The van der Waals surface area contributed by atoms with Crippen molar-refractivity contribution in [2.75, 3.05) is 49.6 Å². The van der Waals surface area contributed by atoms with Gasteiger partial charge < -0.3 is 19.9 Å². The highest BCUT2D eigenvalue weighted by Crippen LogP contribution is 2.17. The van der Waals surface area contributed by atoms with Crippen LogP contribution in [0.1, 0.15) is 25.3 Å². The van der Waals surface area contributed by atoms with Crippen molar-refractivity contribution in [2.24, 2.45) is 0 Å². The maximum atomic E-state index is 12.3. The number of anilines is 2. The standard InChI is InChI=1S/C23H29N3O3/c1-18(2)19-8-10-20(11-9-19)24-22(27)16-29-17-23(28)26-14-12-25(13-15-26)21-6-4-3-5-7-21/h3-11,18H,12-17H2,1-2H3,(H,24,27). The summed E-state index contributed by atoms with van der Waals surface area (Å²) in [6.45, 7) is 6.94. The molecule has 0 aliphatic carbocycles. The van der Waals surface area contributed by atoms with Crippen molar-refractivity contribution in [3.8, 4) is 0 Å². The molecule has 154 valence electrons. The number of nitrogens with one attached hydrogen (secondary N) is 1. The Morgan fingerprint density at radius 1 is 0.931 bits per heavy atom. The van der Waals surface area contributed by atoms with Crippen molar-refractivity contribution < 1.29 is 14.3 Å². The summed E-state index contributed by atoms with van der Waals surface area (Å²) in [6, 6.07) is 18.0. The van der Waals surface area contributed by atoms with Gasteiger partial charge in [0.1, 0.15) is 13.2 Å². The fraction of sp³-hybridized carbons (Fsp3) is 0.391. The first kappa shape index (κ1) is 20.9. The lowest BCUT2D eigenvalue weighted by atomic mass is 10.0. The first-order chi connectivity index (χ1) is 14.0. The number of carbonyl (C=O) groups is 2. The van der Waals surface area contributed by atoms with Crippen LogP contribution in [0.15, 0.2) is 54.6 Å². The molecular weight excluding hydrogens is 366 g/mol. The molecule has 0 atom stereocenters. The van der Waals surface area contributed by atoms with Crippen molar-refractivity contribution in [3.05, 3.63) is 60.2 Å². The molecular formula is C23H29N3O3. The molecule has 1 N–H and O–H groups in total. The predicted octanol–water partition coefficient (Wildman–Crippen LogP) is 3.11. The Hall–Kier alpha value is -2.86. The number of benzene rings is 2. The van der Waals surface area contributed by atoms with Gasteiger partial charge in [-0.15, -0.1) is 0 Å². The summed E-state index contributed by atoms with van der Waals surface area (Å²) in [5, 5.41) is 2.79. The van der Waals surface area contributed by atoms with Gasteiger partial charge in [-0.3, -0.25) is 9.59 Å². The minimum absolute atomic E-state index is 0.0770. The molecule has 0 spiro atoms. The number of amides is 2. The van der Waals surface area contributed by atoms with E-state index in [9.17, 15) is 9.59 Å². The third kappa shape index (κ3) is 6.06. The fourth-order valence-electron chi connectivity index (χ4n) is 3.32. The maximum Gasteiger partial charge on any atom is 0.250 e. The number of hydrogen-bond acceptors (Lipinski definition) is 4. The Balaban J connectivity index is 1.36. The van der Waals surface area contributed by atoms with E-state index >= 15 is 0 Å². The molecule has 0 unspecified atom stereocenters. The van der Waals surface area contributed by atoms with Crippen molar-refractivity contribution in [1.29, 1.82) is 0 Å². The first-order valence-electron chi connectivity index (χ1n) is 10.1. The fourth-order valence-corrected chi connectivity index (χ4v) is 3.32. The summed E-state index contributed by atoms with van der Waals surface area (Å²) in [6.07, 6.45) is 0. The number of nitrogens with zero attached hydrogens (tertiary/aromatic N) is 2. The van der Waals surface area contributed by atoms with Crippen LogP contribution in [0.3, 0.4) is 0 Å². The Morgan fingerprint density at radius 2 is 1.59 bits per heavy atom. The number of rotatable bonds is 7. The average Bonchev–Trinajstić information content (AvgIpc) is 2.75. The molecule has 3 rings (SSSR count). The van der Waals surface area contributed by atoms with E-state index in [1.54, 1.807) is 4.90 Å². The smallest absolute Gasteiger partial charge is 0.250 e. The van der Waals surface area contributed by atoms with E-state index in [-0.39, 0.29) is 25.0 Å². The third-order valence-electron chi connectivity index (χ3n) is 5.07. The molecule has 1 heterocycles. The second-order valence-electron chi connectivity index (χ2n) is 7.52. The molecule has 6 heteroatoms. The van der Waals surface area contributed by atoms with Gasteiger partial charge in [-0.05, 0) is 35.7 Å². The Bertz CT molecular complexity index is 798. The quantitative estimate of drug-likeness (QED) is 0.783. The van der Waals surface area contributed by atoms with Gasteiger partial charge >= 0.3 is 0 Å². The van der Waals surface area contributed by atoms with E-state index in [0.29, 0.717) is 19.0 Å². The zero-order valence-corrected chi connectivity index (χ0v) is 17.1. The Morgan fingerprint density at radius 3 is 2.21 bits per heavy atom. The summed E-state index contributed by atoms with van der Waals surface area (Å²) in [7, 11) is 0. The molecule has 6 nitrogen and oxygen atoms in total. The highest BCUT2D eigenvalue weighted by atomic mass is 16.5. The van der Waals surface area contributed by atoms with Crippen molar-refractivity contribution in [2.45, 2.75) is 19.8 Å². The summed E-state index contributed by atoms with van der Waals surface area (Å²) in [5.41, 5.74) is 3.12. The topological polar surface area (TPSA) is 61.9 Å². The van der Waals surface area contributed by atoms with Crippen LogP contribution in [-0.4, -0.2) is 56.1 Å². The number of piperazine rings is 1. The lowest BCUT2D eigenvalue weighted by Gasteiger charge is -2.36. The SMILES string of the molecule is CC(C)c1ccc(NC(=O)COCC(=O)N2CCN(c3ccccc3)CC2)cc1. The molecule has 1 fully saturated rings. The molecule has 2 amide bonds. The largest absolute Gasteiger partial charge is 0.368 e. The van der Waals surface area contributed by atoms with E-state index in [0.717, 1.165) is 18.8 Å². The predicted molar refractivity (Wildman–Crippen MR) is 115 cm³/mol. The Kier molecular flexibility index (Phi) is 7.25. The van der Waals surface area contributed by atoms with Crippen LogP contribution in [0.25, 0.3) is 0 Å². The van der Waals surface area contributed by atoms with Crippen LogP contribution in [0.2, 0.25) is 0 Å². The van der Waals surface area contributed by atoms with Gasteiger partial charge in [0.2, 0.25) is 11.8 Å². The van der Waals surface area contributed by atoms with E-state index in [4.69, 9.17) is 4.74 Å². The molecule has 2 aromatic carbocycles. The van der Waals surface area contributed by atoms with Gasteiger partial charge in [0, 0.05) is 37.6 Å². The second-order valence-corrected chi connectivity index (χ2v) is 7.52. The monoisotopic (exact) mass is 395 g/mol. The molecule has 1 saturated heterocycles. The highest BCUT2D eigenvalue weighted by Gasteiger charge is 2.21. The van der Waals surface area contributed by atoms with Crippen LogP contribution in [-0.2, 0) is 14.3 Å².